The predicted octanol–water partition coefficient (Wildman–Crippen LogP) is 4.20. The molecule has 0 radical (unpaired) electrons. The first-order chi connectivity index (χ1) is 12.9. The van der Waals surface area contributed by atoms with Crippen LogP contribution in [0.2, 0.25) is 10.0 Å². The Morgan fingerprint density at radius 1 is 0.963 bits per heavy atom. The molecule has 0 spiro atoms. The summed E-state index contributed by atoms with van der Waals surface area (Å²) in [6.45, 7) is 0.0156. The number of hydrogen-bond acceptors (Lipinski definition) is 6. The van der Waals surface area contributed by atoms with E-state index in [4.69, 9.17) is 32.7 Å². The molecule has 27 heavy (non-hydrogen) atoms. The number of ether oxygens (including phenoxy) is 2. The molecule has 0 aliphatic carbocycles. The number of benzene rings is 2. The Balaban J connectivity index is 1.58. The maximum atomic E-state index is 12.3. The zero-order valence-electron chi connectivity index (χ0n) is 14.0. The van der Waals surface area contributed by atoms with Crippen molar-refractivity contribution in [2.45, 2.75) is 23.2 Å². The van der Waals surface area contributed by atoms with E-state index in [0.717, 1.165) is 0 Å². The number of carbonyl (C=O) groups is 2. The fourth-order valence-corrected chi connectivity index (χ4v) is 4.03. The van der Waals surface area contributed by atoms with Gasteiger partial charge in [-0.05, 0) is 48.5 Å². The third-order valence-corrected chi connectivity index (χ3v) is 5.78. The van der Waals surface area contributed by atoms with Crippen LogP contribution in [-0.4, -0.2) is 40.4 Å². The molecule has 0 amide bonds. The van der Waals surface area contributed by atoms with Crippen molar-refractivity contribution >= 4 is 46.9 Å². The number of esters is 2. The summed E-state index contributed by atoms with van der Waals surface area (Å²) in [5.74, 6) is -1.02. The van der Waals surface area contributed by atoms with E-state index in [1.165, 1.54) is 11.8 Å². The van der Waals surface area contributed by atoms with E-state index in [1.54, 1.807) is 48.5 Å². The monoisotopic (exact) mass is 426 g/mol. The molecule has 3 rings (SSSR count). The quantitative estimate of drug-likeness (QED) is 0.722. The molecular weight excluding hydrogens is 411 g/mol. The molecule has 0 saturated carbocycles. The van der Waals surface area contributed by atoms with Gasteiger partial charge in [0.25, 0.3) is 0 Å². The Bertz CT molecular complexity index is 810. The maximum absolute atomic E-state index is 12.3. The van der Waals surface area contributed by atoms with Crippen LogP contribution in [0.15, 0.2) is 48.5 Å². The van der Waals surface area contributed by atoms with E-state index in [2.05, 4.69) is 0 Å². The van der Waals surface area contributed by atoms with Crippen LogP contribution in [0.4, 0.5) is 0 Å². The summed E-state index contributed by atoms with van der Waals surface area (Å²) in [6.07, 6.45) is -0.293. The van der Waals surface area contributed by atoms with Crippen molar-refractivity contribution in [3.8, 4) is 0 Å². The number of aliphatic hydroxyl groups is 1. The molecule has 3 unspecified atom stereocenters. The third kappa shape index (κ3) is 5.39. The lowest BCUT2D eigenvalue weighted by atomic mass is 10.2. The van der Waals surface area contributed by atoms with E-state index < -0.39 is 23.5 Å². The maximum Gasteiger partial charge on any atom is 0.338 e. The highest BCUT2D eigenvalue weighted by Crippen LogP contribution is 2.35. The van der Waals surface area contributed by atoms with E-state index in [1.807, 2.05) is 0 Å². The molecule has 8 heteroatoms. The molecule has 3 atom stereocenters. The van der Waals surface area contributed by atoms with Gasteiger partial charge in [-0.25, -0.2) is 9.59 Å². The fourth-order valence-electron chi connectivity index (χ4n) is 2.58. The van der Waals surface area contributed by atoms with Gasteiger partial charge in [-0.3, -0.25) is 0 Å². The van der Waals surface area contributed by atoms with Gasteiger partial charge in [-0.2, -0.15) is 0 Å². The van der Waals surface area contributed by atoms with Crippen molar-refractivity contribution in [2.24, 2.45) is 0 Å². The normalized spacial score (nSPS) is 21.7. The molecule has 2 aromatic rings. The molecule has 1 N–H and O–H groups in total. The van der Waals surface area contributed by atoms with Gasteiger partial charge in [0, 0.05) is 16.5 Å². The Kier molecular flexibility index (Phi) is 6.65. The minimum absolute atomic E-state index is 0.0156. The van der Waals surface area contributed by atoms with Gasteiger partial charge in [-0.1, -0.05) is 23.2 Å². The molecule has 1 heterocycles. The molecule has 1 fully saturated rings. The highest BCUT2D eigenvalue weighted by Gasteiger charge is 2.38. The summed E-state index contributed by atoms with van der Waals surface area (Å²) in [4.78, 5) is 24.4. The van der Waals surface area contributed by atoms with Gasteiger partial charge in [0.2, 0.25) is 0 Å². The van der Waals surface area contributed by atoms with Crippen LogP contribution in [0.25, 0.3) is 0 Å². The Morgan fingerprint density at radius 2 is 1.48 bits per heavy atom. The second kappa shape index (κ2) is 8.97. The van der Waals surface area contributed by atoms with Gasteiger partial charge in [0.1, 0.15) is 18.1 Å². The summed E-state index contributed by atoms with van der Waals surface area (Å²) in [5, 5.41) is 10.6. The van der Waals surface area contributed by atoms with Crippen molar-refractivity contribution < 1.29 is 24.2 Å². The lowest BCUT2D eigenvalue weighted by Gasteiger charge is -2.19. The fraction of sp³-hybridized carbons (Fsp3) is 0.263. The van der Waals surface area contributed by atoms with Crippen molar-refractivity contribution in [2.75, 3.05) is 6.61 Å². The highest BCUT2D eigenvalue weighted by molar-refractivity contribution is 8.00. The minimum Gasteiger partial charge on any atom is -0.461 e. The third-order valence-electron chi connectivity index (χ3n) is 3.98. The van der Waals surface area contributed by atoms with Gasteiger partial charge in [0.15, 0.2) is 0 Å². The lowest BCUT2D eigenvalue weighted by molar-refractivity contribution is 0.0178. The van der Waals surface area contributed by atoms with E-state index in [-0.39, 0.29) is 18.3 Å². The van der Waals surface area contributed by atoms with Crippen molar-refractivity contribution in [1.82, 2.24) is 0 Å². The predicted molar refractivity (Wildman–Crippen MR) is 104 cm³/mol. The molecule has 142 valence electrons. The summed E-state index contributed by atoms with van der Waals surface area (Å²) >= 11 is 12.8. The lowest BCUT2D eigenvalue weighted by Crippen LogP contribution is -2.29. The van der Waals surface area contributed by atoms with Gasteiger partial charge < -0.3 is 14.6 Å². The number of halogens is 2. The molecule has 5 nitrogen and oxygen atoms in total. The Morgan fingerprint density at radius 3 is 2.04 bits per heavy atom. The van der Waals surface area contributed by atoms with Crippen molar-refractivity contribution in [1.29, 1.82) is 0 Å². The molecule has 0 aromatic heterocycles. The number of rotatable bonds is 5. The Hall–Kier alpha value is -1.73. The summed E-state index contributed by atoms with van der Waals surface area (Å²) in [6, 6.07) is 12.7. The second-order valence-electron chi connectivity index (χ2n) is 5.92. The topological polar surface area (TPSA) is 72.8 Å². The van der Waals surface area contributed by atoms with Crippen LogP contribution in [0.3, 0.4) is 0 Å². The zero-order chi connectivity index (χ0) is 19.4. The molecule has 2 aromatic carbocycles. The summed E-state index contributed by atoms with van der Waals surface area (Å²) < 4.78 is 10.8. The Labute approximate surface area is 170 Å². The first kappa shape index (κ1) is 20.0. The highest BCUT2D eigenvalue weighted by atomic mass is 35.5. The largest absolute Gasteiger partial charge is 0.461 e. The van der Waals surface area contributed by atoms with Crippen LogP contribution in [-0.2, 0) is 9.47 Å². The molecular formula is C19H16Cl2O5S. The van der Waals surface area contributed by atoms with Gasteiger partial charge in [0.05, 0.1) is 16.4 Å². The molecule has 0 bridgehead atoms. The van der Waals surface area contributed by atoms with E-state index in [0.29, 0.717) is 21.2 Å². The smallest absolute Gasteiger partial charge is 0.338 e. The van der Waals surface area contributed by atoms with Crippen LogP contribution in [0.5, 0.6) is 0 Å². The molecule has 1 aliphatic rings. The van der Waals surface area contributed by atoms with Gasteiger partial charge >= 0.3 is 11.9 Å². The van der Waals surface area contributed by atoms with Crippen molar-refractivity contribution in [3.63, 3.8) is 0 Å². The molecule has 1 saturated heterocycles. The first-order valence-electron chi connectivity index (χ1n) is 8.15. The van der Waals surface area contributed by atoms with E-state index in [9.17, 15) is 14.7 Å². The van der Waals surface area contributed by atoms with Crippen LogP contribution >= 0.6 is 35.0 Å². The average Bonchev–Trinajstić information content (AvgIpc) is 3.00. The zero-order valence-corrected chi connectivity index (χ0v) is 16.3. The first-order valence-corrected chi connectivity index (χ1v) is 9.85. The number of thioether (sulfide) groups is 1. The SMILES string of the molecule is O=C(OCC1SC(O)CC1OC(=O)c1ccc(Cl)cc1)c1ccc(Cl)cc1. The standard InChI is InChI=1S/C19H16Cl2O5S/c20-13-5-1-11(2-6-13)18(23)25-10-16-15(9-17(22)27-16)26-19(24)12-3-7-14(21)8-4-12/h1-8,15-17,22H,9-10H2. The second-order valence-corrected chi connectivity index (χ2v) is 8.22. The van der Waals surface area contributed by atoms with Crippen LogP contribution in [0, 0.1) is 0 Å². The van der Waals surface area contributed by atoms with Crippen LogP contribution < -0.4 is 0 Å². The minimum atomic E-state index is -0.688. The number of aliphatic hydroxyl groups excluding tert-OH is 1. The summed E-state index contributed by atoms with van der Waals surface area (Å²) in [7, 11) is 0. The van der Waals surface area contributed by atoms with E-state index >= 15 is 0 Å². The van der Waals surface area contributed by atoms with Gasteiger partial charge in [-0.15, -0.1) is 11.8 Å². The molecule has 1 aliphatic heterocycles. The summed E-state index contributed by atoms with van der Waals surface area (Å²) in [5.41, 5.74) is 0.0487. The number of hydrogen-bond donors (Lipinski definition) is 1. The van der Waals surface area contributed by atoms with Crippen LogP contribution in [0.1, 0.15) is 27.1 Å². The van der Waals surface area contributed by atoms with Crippen molar-refractivity contribution in [3.05, 3.63) is 69.7 Å². The average molecular weight is 427 g/mol. The number of carbonyl (C=O) groups excluding carboxylic acids is 2.